The van der Waals surface area contributed by atoms with Crippen LogP contribution < -0.4 is 5.32 Å². The van der Waals surface area contributed by atoms with Gasteiger partial charge in [-0.3, -0.25) is 0 Å². The topological polar surface area (TPSA) is 76.7 Å². The van der Waals surface area contributed by atoms with Crippen molar-refractivity contribution in [2.24, 2.45) is 0 Å². The molecule has 1 aliphatic rings. The Morgan fingerprint density at radius 3 is 3.00 bits per heavy atom. The highest BCUT2D eigenvalue weighted by molar-refractivity contribution is 7.99. The van der Waals surface area contributed by atoms with Gasteiger partial charge in [-0.1, -0.05) is 5.16 Å². The van der Waals surface area contributed by atoms with E-state index < -0.39 is 0 Å². The maximum Gasteiger partial charge on any atom is 0.240 e. The maximum absolute atomic E-state index is 5.23. The predicted molar refractivity (Wildman–Crippen MR) is 68.1 cm³/mol. The minimum Gasteiger partial charge on any atom is -0.339 e. The van der Waals surface area contributed by atoms with Crippen molar-refractivity contribution in [3.63, 3.8) is 0 Å². The fraction of sp³-hybridized carbons (Fsp3) is 0.455. The van der Waals surface area contributed by atoms with Crippen LogP contribution in [0.4, 0.5) is 0 Å². The molecular formula is C11H13N5OS. The molecule has 0 aromatic carbocycles. The lowest BCUT2D eigenvalue weighted by molar-refractivity contribution is 0.363. The molecule has 2 aromatic heterocycles. The van der Waals surface area contributed by atoms with Crippen LogP contribution in [0.5, 0.6) is 0 Å². The van der Waals surface area contributed by atoms with Gasteiger partial charge in [0, 0.05) is 42.9 Å². The summed E-state index contributed by atoms with van der Waals surface area (Å²) in [5, 5.41) is 7.34. The van der Waals surface area contributed by atoms with E-state index in [0.717, 1.165) is 18.7 Å². The van der Waals surface area contributed by atoms with E-state index in [1.807, 2.05) is 11.8 Å². The smallest absolute Gasteiger partial charge is 0.240 e. The Bertz CT molecular complexity index is 497. The first-order valence-corrected chi connectivity index (χ1v) is 6.98. The Morgan fingerprint density at radius 2 is 2.22 bits per heavy atom. The number of nitrogens with one attached hydrogen (secondary N) is 1. The molecule has 0 spiro atoms. The van der Waals surface area contributed by atoms with Crippen molar-refractivity contribution in [3.05, 3.63) is 24.4 Å². The second-order valence-electron chi connectivity index (χ2n) is 4.01. The second-order valence-corrected chi connectivity index (χ2v) is 5.16. The lowest BCUT2D eigenvalue weighted by Gasteiger charge is -2.21. The third kappa shape index (κ3) is 2.68. The zero-order chi connectivity index (χ0) is 12.2. The van der Waals surface area contributed by atoms with Gasteiger partial charge < -0.3 is 9.84 Å². The predicted octanol–water partition coefficient (Wildman–Crippen LogP) is 0.774. The summed E-state index contributed by atoms with van der Waals surface area (Å²) in [5.41, 5.74) is 0. The van der Waals surface area contributed by atoms with Crippen LogP contribution in [0.3, 0.4) is 0 Å². The van der Waals surface area contributed by atoms with Crippen LogP contribution >= 0.6 is 11.8 Å². The number of rotatable bonds is 3. The van der Waals surface area contributed by atoms with Crippen LogP contribution in [0, 0.1) is 0 Å². The third-order valence-electron chi connectivity index (χ3n) is 2.65. The van der Waals surface area contributed by atoms with E-state index in [9.17, 15) is 0 Å². The minimum atomic E-state index is 0.411. The van der Waals surface area contributed by atoms with Gasteiger partial charge in [0.1, 0.15) is 0 Å². The van der Waals surface area contributed by atoms with E-state index in [-0.39, 0.29) is 0 Å². The molecule has 1 aliphatic heterocycles. The molecule has 1 saturated heterocycles. The summed E-state index contributed by atoms with van der Waals surface area (Å²) in [6.45, 7) is 1.04. The first-order valence-electron chi connectivity index (χ1n) is 5.83. The number of hydrogen-bond acceptors (Lipinski definition) is 7. The first kappa shape index (κ1) is 11.6. The molecule has 6 nitrogen and oxygen atoms in total. The van der Waals surface area contributed by atoms with Crippen molar-refractivity contribution in [2.45, 2.75) is 12.5 Å². The van der Waals surface area contributed by atoms with Crippen molar-refractivity contribution in [1.82, 2.24) is 25.4 Å². The Balaban J connectivity index is 1.69. The summed E-state index contributed by atoms with van der Waals surface area (Å²) in [7, 11) is 0. The Kier molecular flexibility index (Phi) is 3.51. The van der Waals surface area contributed by atoms with E-state index in [0.29, 0.717) is 23.6 Å². The molecule has 0 aliphatic carbocycles. The van der Waals surface area contributed by atoms with Gasteiger partial charge in [-0.2, -0.15) is 16.7 Å². The highest BCUT2D eigenvalue weighted by Crippen LogP contribution is 2.14. The lowest BCUT2D eigenvalue weighted by atomic mass is 10.2. The Labute approximate surface area is 109 Å². The summed E-state index contributed by atoms with van der Waals surface area (Å²) in [5.74, 6) is 3.84. The molecule has 0 amide bonds. The fourth-order valence-corrected chi connectivity index (χ4v) is 2.75. The zero-order valence-electron chi connectivity index (χ0n) is 9.74. The lowest BCUT2D eigenvalue weighted by Crippen LogP contribution is -2.38. The molecule has 0 radical (unpaired) electrons. The molecule has 1 unspecified atom stereocenters. The monoisotopic (exact) mass is 263 g/mol. The van der Waals surface area contributed by atoms with Crippen molar-refractivity contribution >= 4 is 11.8 Å². The molecule has 94 valence electrons. The average molecular weight is 263 g/mol. The SMILES string of the molecule is c1cnc(-c2noc(CC3CSCCN3)n2)nc1. The summed E-state index contributed by atoms with van der Waals surface area (Å²) >= 11 is 1.95. The molecule has 1 atom stereocenters. The van der Waals surface area contributed by atoms with E-state index in [2.05, 4.69) is 25.4 Å². The quantitative estimate of drug-likeness (QED) is 0.876. The molecule has 0 saturated carbocycles. The van der Waals surface area contributed by atoms with Gasteiger partial charge in [0.25, 0.3) is 0 Å². The number of thioether (sulfide) groups is 1. The average Bonchev–Trinajstić information content (AvgIpc) is 2.89. The van der Waals surface area contributed by atoms with Crippen molar-refractivity contribution in [2.75, 3.05) is 18.1 Å². The van der Waals surface area contributed by atoms with Crippen LogP contribution in [0.25, 0.3) is 11.6 Å². The summed E-state index contributed by atoms with van der Waals surface area (Å²) in [4.78, 5) is 12.5. The van der Waals surface area contributed by atoms with E-state index in [1.165, 1.54) is 5.75 Å². The zero-order valence-corrected chi connectivity index (χ0v) is 10.6. The van der Waals surface area contributed by atoms with Gasteiger partial charge in [-0.25, -0.2) is 9.97 Å². The van der Waals surface area contributed by atoms with E-state index in [1.54, 1.807) is 18.5 Å². The highest BCUT2D eigenvalue weighted by Gasteiger charge is 2.18. The van der Waals surface area contributed by atoms with Crippen molar-refractivity contribution < 1.29 is 4.52 Å². The molecule has 2 aromatic rings. The molecule has 1 fully saturated rings. The Hall–Kier alpha value is -1.47. The van der Waals surface area contributed by atoms with E-state index >= 15 is 0 Å². The third-order valence-corrected chi connectivity index (χ3v) is 3.78. The number of hydrogen-bond donors (Lipinski definition) is 1. The maximum atomic E-state index is 5.23. The standard InChI is InChI=1S/C11H13N5OS/c1-2-13-10(14-3-1)11-15-9(17-16-11)6-8-7-18-5-4-12-8/h1-3,8,12H,4-7H2. The first-order chi connectivity index (χ1) is 8.92. The van der Waals surface area contributed by atoms with Gasteiger partial charge in [0.05, 0.1) is 0 Å². The molecule has 3 rings (SSSR count). The molecule has 7 heteroatoms. The van der Waals surface area contributed by atoms with Crippen LogP contribution in [0.15, 0.2) is 23.0 Å². The van der Waals surface area contributed by atoms with Crippen LogP contribution in [0.1, 0.15) is 5.89 Å². The molecule has 0 bridgehead atoms. The largest absolute Gasteiger partial charge is 0.339 e. The minimum absolute atomic E-state index is 0.411. The van der Waals surface area contributed by atoms with Crippen LogP contribution in [0.2, 0.25) is 0 Å². The van der Waals surface area contributed by atoms with Gasteiger partial charge in [-0.05, 0) is 6.07 Å². The molecule has 3 heterocycles. The summed E-state index contributed by atoms with van der Waals surface area (Å²) < 4.78 is 5.23. The van der Waals surface area contributed by atoms with Gasteiger partial charge in [0.2, 0.25) is 17.5 Å². The number of nitrogens with zero attached hydrogens (tertiary/aromatic N) is 4. The van der Waals surface area contributed by atoms with Gasteiger partial charge >= 0.3 is 0 Å². The second kappa shape index (κ2) is 5.45. The van der Waals surface area contributed by atoms with Gasteiger partial charge in [0.15, 0.2) is 0 Å². The van der Waals surface area contributed by atoms with Gasteiger partial charge in [-0.15, -0.1) is 0 Å². The summed E-state index contributed by atoms with van der Waals surface area (Å²) in [6.07, 6.45) is 4.09. The van der Waals surface area contributed by atoms with E-state index in [4.69, 9.17) is 4.52 Å². The van der Waals surface area contributed by atoms with Crippen molar-refractivity contribution in [1.29, 1.82) is 0 Å². The highest BCUT2D eigenvalue weighted by atomic mass is 32.2. The normalized spacial score (nSPS) is 19.9. The van der Waals surface area contributed by atoms with Crippen molar-refractivity contribution in [3.8, 4) is 11.6 Å². The van der Waals surface area contributed by atoms with Crippen LogP contribution in [-0.2, 0) is 6.42 Å². The molecule has 1 N–H and O–H groups in total. The molecule has 18 heavy (non-hydrogen) atoms. The number of aromatic nitrogens is 4. The molecular weight excluding hydrogens is 250 g/mol. The summed E-state index contributed by atoms with van der Waals surface area (Å²) in [6, 6.07) is 2.17. The van der Waals surface area contributed by atoms with Crippen LogP contribution in [-0.4, -0.2) is 44.2 Å². The Morgan fingerprint density at radius 1 is 1.33 bits per heavy atom. The fourth-order valence-electron chi connectivity index (χ4n) is 1.80.